The summed E-state index contributed by atoms with van der Waals surface area (Å²) in [6, 6.07) is 13.9. The molecule has 158 valence electrons. The van der Waals surface area contributed by atoms with Crippen molar-refractivity contribution in [3.63, 3.8) is 0 Å². The molecule has 1 aromatic heterocycles. The standard InChI is InChI=1S/C23H33N3O3/c1-19(2)23(28)25(14-9-15-29-4)18-22(27)26(16-20-10-6-5-7-11-20)17-21-12-8-13-24(21)3/h5-8,10-13,19H,9,14-18H2,1-4H3. The lowest BCUT2D eigenvalue weighted by Gasteiger charge is -2.29. The molecule has 0 fully saturated rings. The first-order valence-electron chi connectivity index (χ1n) is 10.1. The van der Waals surface area contributed by atoms with E-state index in [-0.39, 0.29) is 24.3 Å². The normalized spacial score (nSPS) is 10.9. The van der Waals surface area contributed by atoms with Gasteiger partial charge in [-0.2, -0.15) is 0 Å². The topological polar surface area (TPSA) is 54.8 Å². The Balaban J connectivity index is 2.16. The highest BCUT2D eigenvalue weighted by Crippen LogP contribution is 2.12. The number of benzene rings is 1. The first kappa shape index (κ1) is 22.7. The molecular weight excluding hydrogens is 366 g/mol. The zero-order valence-electron chi connectivity index (χ0n) is 18.0. The van der Waals surface area contributed by atoms with E-state index >= 15 is 0 Å². The number of rotatable bonds is 11. The molecule has 0 aliphatic heterocycles. The molecule has 1 aromatic carbocycles. The zero-order valence-corrected chi connectivity index (χ0v) is 18.0. The van der Waals surface area contributed by atoms with E-state index in [4.69, 9.17) is 4.74 Å². The van der Waals surface area contributed by atoms with E-state index in [2.05, 4.69) is 0 Å². The SMILES string of the molecule is COCCCN(CC(=O)N(Cc1ccccc1)Cc1cccn1C)C(=O)C(C)C. The van der Waals surface area contributed by atoms with Crippen molar-refractivity contribution < 1.29 is 14.3 Å². The molecule has 0 saturated carbocycles. The molecule has 2 aromatic rings. The van der Waals surface area contributed by atoms with Crippen LogP contribution in [0.25, 0.3) is 0 Å². The Hall–Kier alpha value is -2.60. The molecule has 2 rings (SSSR count). The van der Waals surface area contributed by atoms with Crippen LogP contribution < -0.4 is 0 Å². The van der Waals surface area contributed by atoms with E-state index in [1.807, 2.05) is 79.0 Å². The van der Waals surface area contributed by atoms with Crippen molar-refractivity contribution in [3.05, 3.63) is 59.9 Å². The molecule has 0 saturated heterocycles. The van der Waals surface area contributed by atoms with Gasteiger partial charge in [0.25, 0.3) is 0 Å². The van der Waals surface area contributed by atoms with Gasteiger partial charge in [-0.3, -0.25) is 9.59 Å². The highest BCUT2D eigenvalue weighted by molar-refractivity contribution is 5.85. The number of carbonyl (C=O) groups is 2. The molecule has 1 heterocycles. The van der Waals surface area contributed by atoms with Crippen LogP contribution in [0.2, 0.25) is 0 Å². The Labute approximate surface area is 174 Å². The van der Waals surface area contributed by atoms with Crippen LogP contribution in [0.15, 0.2) is 48.7 Å². The van der Waals surface area contributed by atoms with Crippen molar-refractivity contribution in [3.8, 4) is 0 Å². The summed E-state index contributed by atoms with van der Waals surface area (Å²) in [5.41, 5.74) is 2.12. The van der Waals surface area contributed by atoms with E-state index < -0.39 is 0 Å². The van der Waals surface area contributed by atoms with Gasteiger partial charge in [-0.05, 0) is 24.1 Å². The first-order chi connectivity index (χ1) is 13.9. The van der Waals surface area contributed by atoms with Gasteiger partial charge in [0, 0.05) is 51.7 Å². The minimum absolute atomic E-state index is 0.00650. The number of amides is 2. The third-order valence-electron chi connectivity index (χ3n) is 4.88. The minimum Gasteiger partial charge on any atom is -0.385 e. The van der Waals surface area contributed by atoms with Gasteiger partial charge in [0.05, 0.1) is 13.1 Å². The fourth-order valence-electron chi connectivity index (χ4n) is 3.19. The summed E-state index contributed by atoms with van der Waals surface area (Å²) in [5, 5.41) is 0. The number of hydrogen-bond donors (Lipinski definition) is 0. The molecule has 0 aliphatic carbocycles. The maximum absolute atomic E-state index is 13.2. The van der Waals surface area contributed by atoms with E-state index in [0.717, 1.165) is 11.3 Å². The van der Waals surface area contributed by atoms with Crippen LogP contribution >= 0.6 is 0 Å². The second kappa shape index (κ2) is 11.4. The van der Waals surface area contributed by atoms with Crippen LogP contribution in [0, 0.1) is 5.92 Å². The maximum atomic E-state index is 13.2. The van der Waals surface area contributed by atoms with Crippen molar-refractivity contribution in [2.45, 2.75) is 33.4 Å². The van der Waals surface area contributed by atoms with E-state index in [0.29, 0.717) is 32.7 Å². The average molecular weight is 400 g/mol. The first-order valence-corrected chi connectivity index (χ1v) is 10.1. The second-order valence-corrected chi connectivity index (χ2v) is 7.61. The molecular formula is C23H33N3O3. The Morgan fingerprint density at radius 2 is 1.76 bits per heavy atom. The Bertz CT molecular complexity index is 771. The Kier molecular flexibility index (Phi) is 8.93. The fraction of sp³-hybridized carbons (Fsp3) is 0.478. The van der Waals surface area contributed by atoms with Gasteiger partial charge in [-0.15, -0.1) is 0 Å². The number of ether oxygens (including phenoxy) is 1. The van der Waals surface area contributed by atoms with Gasteiger partial charge in [-0.25, -0.2) is 0 Å². The lowest BCUT2D eigenvalue weighted by Crippen LogP contribution is -2.44. The number of nitrogens with zero attached hydrogens (tertiary/aromatic N) is 3. The van der Waals surface area contributed by atoms with Gasteiger partial charge in [0.2, 0.25) is 11.8 Å². The lowest BCUT2D eigenvalue weighted by atomic mass is 10.1. The largest absolute Gasteiger partial charge is 0.385 e. The number of hydrogen-bond acceptors (Lipinski definition) is 3. The average Bonchev–Trinajstić information content (AvgIpc) is 3.11. The molecule has 2 amide bonds. The molecule has 29 heavy (non-hydrogen) atoms. The number of aromatic nitrogens is 1. The molecule has 0 aliphatic rings. The van der Waals surface area contributed by atoms with Gasteiger partial charge < -0.3 is 19.1 Å². The summed E-state index contributed by atoms with van der Waals surface area (Å²) in [7, 11) is 3.61. The molecule has 0 N–H and O–H groups in total. The van der Waals surface area contributed by atoms with Crippen molar-refractivity contribution in [2.75, 3.05) is 26.8 Å². The lowest BCUT2D eigenvalue weighted by molar-refractivity contribution is -0.143. The van der Waals surface area contributed by atoms with Crippen molar-refractivity contribution >= 4 is 11.8 Å². The summed E-state index contributed by atoms with van der Waals surface area (Å²) in [6.45, 7) is 5.89. The number of aryl methyl sites for hydroxylation is 1. The van der Waals surface area contributed by atoms with Crippen LogP contribution in [0.1, 0.15) is 31.5 Å². The van der Waals surface area contributed by atoms with E-state index in [9.17, 15) is 9.59 Å². The molecule has 6 nitrogen and oxygen atoms in total. The Morgan fingerprint density at radius 3 is 2.34 bits per heavy atom. The maximum Gasteiger partial charge on any atom is 0.242 e. The molecule has 0 bridgehead atoms. The highest BCUT2D eigenvalue weighted by Gasteiger charge is 2.23. The van der Waals surface area contributed by atoms with Gasteiger partial charge >= 0.3 is 0 Å². The minimum atomic E-state index is -0.152. The zero-order chi connectivity index (χ0) is 21.2. The fourth-order valence-corrected chi connectivity index (χ4v) is 3.19. The molecule has 0 unspecified atom stereocenters. The summed E-state index contributed by atoms with van der Waals surface area (Å²) in [6.07, 6.45) is 2.68. The van der Waals surface area contributed by atoms with Crippen LogP contribution in [0.3, 0.4) is 0 Å². The highest BCUT2D eigenvalue weighted by atomic mass is 16.5. The predicted octanol–water partition coefficient (Wildman–Crippen LogP) is 3.08. The van der Waals surface area contributed by atoms with Gasteiger partial charge in [0.1, 0.15) is 0 Å². The third kappa shape index (κ3) is 7.06. The summed E-state index contributed by atoms with van der Waals surface area (Å²) in [4.78, 5) is 29.4. The van der Waals surface area contributed by atoms with Gasteiger partial charge in [-0.1, -0.05) is 44.2 Å². The van der Waals surface area contributed by atoms with Crippen LogP contribution in [0.4, 0.5) is 0 Å². The second-order valence-electron chi connectivity index (χ2n) is 7.61. The molecule has 0 atom stereocenters. The smallest absolute Gasteiger partial charge is 0.242 e. The molecule has 0 spiro atoms. The summed E-state index contributed by atoms with van der Waals surface area (Å²) < 4.78 is 7.13. The van der Waals surface area contributed by atoms with Crippen LogP contribution in [0.5, 0.6) is 0 Å². The summed E-state index contributed by atoms with van der Waals surface area (Å²) >= 11 is 0. The number of methoxy groups -OCH3 is 1. The van der Waals surface area contributed by atoms with Crippen molar-refractivity contribution in [2.24, 2.45) is 13.0 Å². The Morgan fingerprint density at radius 1 is 1.03 bits per heavy atom. The monoisotopic (exact) mass is 399 g/mol. The van der Waals surface area contributed by atoms with Crippen molar-refractivity contribution in [1.29, 1.82) is 0 Å². The number of carbonyl (C=O) groups excluding carboxylic acids is 2. The third-order valence-corrected chi connectivity index (χ3v) is 4.88. The van der Waals surface area contributed by atoms with Crippen LogP contribution in [-0.4, -0.2) is 53.0 Å². The van der Waals surface area contributed by atoms with Gasteiger partial charge in [0.15, 0.2) is 0 Å². The molecule has 6 heteroatoms. The predicted molar refractivity (Wildman–Crippen MR) is 114 cm³/mol. The summed E-state index contributed by atoms with van der Waals surface area (Å²) in [5.74, 6) is -0.213. The van der Waals surface area contributed by atoms with Crippen molar-refractivity contribution in [1.82, 2.24) is 14.4 Å². The van der Waals surface area contributed by atoms with E-state index in [1.54, 1.807) is 12.0 Å². The van der Waals surface area contributed by atoms with Crippen LogP contribution in [-0.2, 0) is 34.5 Å². The van der Waals surface area contributed by atoms with E-state index in [1.165, 1.54) is 0 Å². The molecule has 0 radical (unpaired) electrons. The quantitative estimate of drug-likeness (QED) is 0.546.